The molecule has 14 heavy (non-hydrogen) atoms. The summed E-state index contributed by atoms with van der Waals surface area (Å²) in [5, 5.41) is 26.2. The maximum Gasteiger partial charge on any atom is 0.335 e. The van der Waals surface area contributed by atoms with Gasteiger partial charge < -0.3 is 10.2 Å². The van der Waals surface area contributed by atoms with Crippen LogP contribution in [0.1, 0.15) is 22.3 Å². The standard InChI is InChI=1S/C10H9NO3/c11-3-1-2-7-4-8(10(13)14)6-9(12)5-7/h4-6,12H,1-2H2,(H,13,14). The molecule has 1 aromatic rings. The molecule has 1 rings (SSSR count). The summed E-state index contributed by atoms with van der Waals surface area (Å²) in [5.41, 5.74) is 0.696. The summed E-state index contributed by atoms with van der Waals surface area (Å²) in [6.07, 6.45) is 0.758. The van der Waals surface area contributed by atoms with Crippen molar-refractivity contribution in [3.63, 3.8) is 0 Å². The zero-order chi connectivity index (χ0) is 10.6. The van der Waals surface area contributed by atoms with E-state index >= 15 is 0 Å². The Bertz CT molecular complexity index is 393. The van der Waals surface area contributed by atoms with Gasteiger partial charge in [0.2, 0.25) is 0 Å². The van der Waals surface area contributed by atoms with Gasteiger partial charge >= 0.3 is 5.97 Å². The van der Waals surface area contributed by atoms with Crippen LogP contribution in [0.5, 0.6) is 5.75 Å². The number of benzene rings is 1. The molecule has 0 fully saturated rings. The topological polar surface area (TPSA) is 81.3 Å². The van der Waals surface area contributed by atoms with Crippen LogP contribution in [-0.4, -0.2) is 16.2 Å². The van der Waals surface area contributed by atoms with Crippen molar-refractivity contribution in [3.8, 4) is 11.8 Å². The number of phenols is 1. The molecule has 0 saturated heterocycles. The van der Waals surface area contributed by atoms with Gasteiger partial charge in [0.05, 0.1) is 11.6 Å². The highest BCUT2D eigenvalue weighted by atomic mass is 16.4. The van der Waals surface area contributed by atoms with Crippen molar-refractivity contribution in [3.05, 3.63) is 29.3 Å². The van der Waals surface area contributed by atoms with Crippen LogP contribution in [0, 0.1) is 11.3 Å². The maximum absolute atomic E-state index is 10.6. The monoisotopic (exact) mass is 191 g/mol. The summed E-state index contributed by atoms with van der Waals surface area (Å²) >= 11 is 0. The Labute approximate surface area is 81.0 Å². The van der Waals surface area contributed by atoms with E-state index in [1.54, 1.807) is 0 Å². The van der Waals surface area contributed by atoms with Gasteiger partial charge in [-0.1, -0.05) is 0 Å². The number of carbonyl (C=O) groups is 1. The van der Waals surface area contributed by atoms with Crippen molar-refractivity contribution in [1.82, 2.24) is 0 Å². The number of hydrogen-bond acceptors (Lipinski definition) is 3. The normalized spacial score (nSPS) is 9.36. The molecular weight excluding hydrogens is 182 g/mol. The number of phenolic OH excluding ortho intramolecular Hbond substituents is 1. The smallest absolute Gasteiger partial charge is 0.335 e. The molecule has 0 bridgehead atoms. The van der Waals surface area contributed by atoms with E-state index in [-0.39, 0.29) is 11.3 Å². The second-order valence-corrected chi connectivity index (χ2v) is 2.85. The minimum Gasteiger partial charge on any atom is -0.508 e. The highest BCUT2D eigenvalue weighted by Crippen LogP contribution is 2.16. The van der Waals surface area contributed by atoms with Crippen molar-refractivity contribution in [2.24, 2.45) is 0 Å². The lowest BCUT2D eigenvalue weighted by atomic mass is 10.1. The van der Waals surface area contributed by atoms with Gasteiger partial charge in [-0.25, -0.2) is 4.79 Å². The van der Waals surface area contributed by atoms with E-state index < -0.39 is 5.97 Å². The van der Waals surface area contributed by atoms with Crippen LogP contribution < -0.4 is 0 Å². The largest absolute Gasteiger partial charge is 0.508 e. The van der Waals surface area contributed by atoms with E-state index in [9.17, 15) is 9.90 Å². The van der Waals surface area contributed by atoms with E-state index in [2.05, 4.69) is 0 Å². The summed E-state index contributed by atoms with van der Waals surface area (Å²) in [5.74, 6) is -1.17. The van der Waals surface area contributed by atoms with Gasteiger partial charge in [0.15, 0.2) is 0 Å². The molecule has 0 amide bonds. The zero-order valence-corrected chi connectivity index (χ0v) is 7.40. The highest BCUT2D eigenvalue weighted by molar-refractivity contribution is 5.88. The molecule has 4 nitrogen and oxygen atoms in total. The molecule has 0 spiro atoms. The van der Waals surface area contributed by atoms with Crippen molar-refractivity contribution in [2.75, 3.05) is 0 Å². The summed E-state index contributed by atoms with van der Waals surface area (Å²) in [6, 6.07) is 6.05. The Kier molecular flexibility index (Phi) is 3.08. The Hall–Kier alpha value is -2.02. The fourth-order valence-electron chi connectivity index (χ4n) is 1.14. The molecule has 1 aromatic carbocycles. The Morgan fingerprint density at radius 1 is 1.43 bits per heavy atom. The second kappa shape index (κ2) is 4.28. The van der Waals surface area contributed by atoms with Gasteiger partial charge in [-0.05, 0) is 30.2 Å². The van der Waals surface area contributed by atoms with Crippen LogP contribution in [0.2, 0.25) is 0 Å². The lowest BCUT2D eigenvalue weighted by Gasteiger charge is -2.01. The summed E-state index contributed by atoms with van der Waals surface area (Å²) < 4.78 is 0. The van der Waals surface area contributed by atoms with Crippen LogP contribution in [0.4, 0.5) is 0 Å². The molecule has 0 aliphatic rings. The second-order valence-electron chi connectivity index (χ2n) is 2.85. The maximum atomic E-state index is 10.6. The number of nitrogens with zero attached hydrogens (tertiary/aromatic N) is 1. The van der Waals surface area contributed by atoms with Gasteiger partial charge in [-0.3, -0.25) is 0 Å². The summed E-state index contributed by atoms with van der Waals surface area (Å²) in [7, 11) is 0. The van der Waals surface area contributed by atoms with Gasteiger partial charge in [0.1, 0.15) is 5.75 Å². The van der Waals surface area contributed by atoms with Gasteiger partial charge in [-0.2, -0.15) is 5.26 Å². The first kappa shape index (κ1) is 10.1. The number of carboxylic acids is 1. The van der Waals surface area contributed by atoms with E-state index in [0.29, 0.717) is 18.4 Å². The number of aromatic hydroxyl groups is 1. The fraction of sp³-hybridized carbons (Fsp3) is 0.200. The number of rotatable bonds is 3. The predicted octanol–water partition coefficient (Wildman–Crippen LogP) is 1.55. The average Bonchev–Trinajstić information content (AvgIpc) is 2.14. The fourth-order valence-corrected chi connectivity index (χ4v) is 1.14. The summed E-state index contributed by atoms with van der Waals surface area (Å²) in [4.78, 5) is 10.6. The van der Waals surface area contributed by atoms with Gasteiger partial charge in [0, 0.05) is 6.42 Å². The quantitative estimate of drug-likeness (QED) is 0.759. The molecular formula is C10H9NO3. The van der Waals surface area contributed by atoms with Gasteiger partial charge in [0.25, 0.3) is 0 Å². The van der Waals surface area contributed by atoms with Crippen molar-refractivity contribution >= 4 is 5.97 Å². The third-order valence-electron chi connectivity index (χ3n) is 1.75. The lowest BCUT2D eigenvalue weighted by molar-refractivity contribution is 0.0696. The minimum absolute atomic E-state index is 0.0398. The van der Waals surface area contributed by atoms with Crippen LogP contribution in [0.3, 0.4) is 0 Å². The van der Waals surface area contributed by atoms with Crippen molar-refractivity contribution < 1.29 is 15.0 Å². The first-order valence-electron chi connectivity index (χ1n) is 4.06. The van der Waals surface area contributed by atoms with E-state index in [0.717, 1.165) is 0 Å². The number of aryl methyl sites for hydroxylation is 1. The van der Waals surface area contributed by atoms with E-state index in [4.69, 9.17) is 10.4 Å². The molecule has 0 heterocycles. The zero-order valence-electron chi connectivity index (χ0n) is 7.40. The third-order valence-corrected chi connectivity index (χ3v) is 1.75. The van der Waals surface area contributed by atoms with Gasteiger partial charge in [-0.15, -0.1) is 0 Å². The predicted molar refractivity (Wildman–Crippen MR) is 49.0 cm³/mol. The Balaban J connectivity index is 2.96. The summed E-state index contributed by atoms with van der Waals surface area (Å²) in [6.45, 7) is 0. The number of carboxylic acid groups (broad SMARTS) is 1. The molecule has 0 aliphatic carbocycles. The lowest BCUT2D eigenvalue weighted by Crippen LogP contribution is -1.97. The highest BCUT2D eigenvalue weighted by Gasteiger charge is 2.06. The van der Waals surface area contributed by atoms with E-state index in [1.807, 2.05) is 6.07 Å². The van der Waals surface area contributed by atoms with Crippen LogP contribution >= 0.6 is 0 Å². The number of aromatic carboxylic acids is 1. The average molecular weight is 191 g/mol. The van der Waals surface area contributed by atoms with E-state index in [1.165, 1.54) is 18.2 Å². The minimum atomic E-state index is -1.08. The molecule has 0 aromatic heterocycles. The van der Waals surface area contributed by atoms with Crippen molar-refractivity contribution in [1.29, 1.82) is 5.26 Å². The molecule has 0 aliphatic heterocycles. The first-order valence-corrected chi connectivity index (χ1v) is 4.06. The first-order chi connectivity index (χ1) is 6.63. The molecule has 0 saturated carbocycles. The molecule has 0 radical (unpaired) electrons. The number of nitriles is 1. The Morgan fingerprint density at radius 3 is 2.71 bits per heavy atom. The van der Waals surface area contributed by atoms with Crippen LogP contribution in [0.15, 0.2) is 18.2 Å². The number of hydrogen-bond donors (Lipinski definition) is 2. The Morgan fingerprint density at radius 2 is 2.14 bits per heavy atom. The third kappa shape index (κ3) is 2.49. The van der Waals surface area contributed by atoms with Crippen LogP contribution in [-0.2, 0) is 6.42 Å². The van der Waals surface area contributed by atoms with Crippen LogP contribution in [0.25, 0.3) is 0 Å². The molecule has 2 N–H and O–H groups in total. The molecule has 0 atom stereocenters. The molecule has 72 valence electrons. The SMILES string of the molecule is N#CCCc1cc(O)cc(C(=O)O)c1. The molecule has 4 heteroatoms. The molecule has 0 unspecified atom stereocenters. The van der Waals surface area contributed by atoms with Crippen molar-refractivity contribution in [2.45, 2.75) is 12.8 Å².